The molecule has 6 atom stereocenters. The van der Waals surface area contributed by atoms with E-state index in [1.165, 1.54) is 10.5 Å². The lowest BCUT2D eigenvalue weighted by Gasteiger charge is -2.46. The minimum atomic E-state index is -1.14. The number of phenolic OH excluding ortho intramolecular Hbond substituents is 1. The van der Waals surface area contributed by atoms with Crippen molar-refractivity contribution in [2.24, 2.45) is 17.8 Å². The number of hydrogen-bond acceptors (Lipinski definition) is 6. The van der Waals surface area contributed by atoms with Crippen LogP contribution in [0.4, 0.5) is 0 Å². The fourth-order valence-electron chi connectivity index (χ4n) is 7.07. The maximum Gasteiger partial charge on any atom is 0.352 e. The molecule has 2 heterocycles. The Labute approximate surface area is 255 Å². The van der Waals surface area contributed by atoms with Crippen molar-refractivity contribution in [3.8, 4) is 11.5 Å². The third-order valence-electron chi connectivity index (χ3n) is 9.34. The number of amides is 1. The molecule has 0 aromatic heterocycles. The number of rotatable bonds is 14. The second-order valence-corrected chi connectivity index (χ2v) is 12.5. The first-order valence-corrected chi connectivity index (χ1v) is 15.6. The van der Waals surface area contributed by atoms with Gasteiger partial charge in [-0.05, 0) is 87.9 Å². The smallest absolute Gasteiger partial charge is 0.352 e. The summed E-state index contributed by atoms with van der Waals surface area (Å²) >= 11 is 0. The number of ether oxygens (including phenoxy) is 1. The number of phenols is 1. The lowest BCUT2D eigenvalue weighted by Crippen LogP contribution is -2.63. The molecule has 8 nitrogen and oxygen atoms in total. The van der Waals surface area contributed by atoms with E-state index in [-0.39, 0.29) is 54.3 Å². The molecule has 234 valence electrons. The van der Waals surface area contributed by atoms with Crippen molar-refractivity contribution < 1.29 is 29.6 Å². The molecular formula is C35H48N2O6. The maximum atomic E-state index is 12.6. The average Bonchev–Trinajstić information content (AvgIpc) is 3.18. The number of aromatic hydroxyl groups is 1. The molecule has 1 fully saturated rings. The molecule has 1 aromatic rings. The largest absolute Gasteiger partial charge is 0.507 e. The summed E-state index contributed by atoms with van der Waals surface area (Å²) in [6, 6.07) is 3.61. The van der Waals surface area contributed by atoms with Crippen LogP contribution in [0.3, 0.4) is 0 Å². The lowest BCUT2D eigenvalue weighted by atomic mass is 9.73. The Kier molecular flexibility index (Phi) is 10.4. The maximum absolute atomic E-state index is 12.6. The van der Waals surface area contributed by atoms with Gasteiger partial charge in [-0.1, -0.05) is 50.5 Å². The van der Waals surface area contributed by atoms with E-state index < -0.39 is 18.0 Å². The van der Waals surface area contributed by atoms with Gasteiger partial charge in [-0.2, -0.15) is 0 Å². The fraction of sp³-hybridized carbons (Fsp3) is 0.543. The Morgan fingerprint density at radius 2 is 2.05 bits per heavy atom. The van der Waals surface area contributed by atoms with E-state index in [0.717, 1.165) is 55.2 Å². The number of benzene rings is 1. The normalized spacial score (nSPS) is 25.8. The van der Waals surface area contributed by atoms with Gasteiger partial charge >= 0.3 is 5.97 Å². The van der Waals surface area contributed by atoms with Gasteiger partial charge in [0.05, 0.1) is 18.1 Å². The number of aliphatic carboxylic acids is 1. The van der Waals surface area contributed by atoms with Crippen molar-refractivity contribution >= 4 is 11.9 Å². The third kappa shape index (κ3) is 6.69. The van der Waals surface area contributed by atoms with Crippen LogP contribution < -0.4 is 10.1 Å². The third-order valence-corrected chi connectivity index (χ3v) is 9.34. The van der Waals surface area contributed by atoms with E-state index >= 15 is 0 Å². The van der Waals surface area contributed by atoms with Gasteiger partial charge in [0.1, 0.15) is 23.8 Å². The highest BCUT2D eigenvalue weighted by Gasteiger charge is 2.59. The average molecular weight is 593 g/mol. The number of aliphatic hydroxyl groups excluding tert-OH is 1. The SMILES string of the molecule is C=C(C)[C@@H]1CCC(C)=C[C@H]1c1c(O)cc(CCCCC)cc1OC/C=C/NCC1=C(C(=O)O)N2C(=O)[C@H]([C@@H](C)O)C2[C@H]1C. The molecule has 1 aromatic carbocycles. The zero-order valence-electron chi connectivity index (χ0n) is 26.2. The number of allylic oxidation sites excluding steroid dienone is 3. The Bertz CT molecular complexity index is 1330. The van der Waals surface area contributed by atoms with Crippen LogP contribution in [-0.4, -0.2) is 57.4 Å². The second kappa shape index (κ2) is 13.8. The van der Waals surface area contributed by atoms with E-state index in [1.54, 1.807) is 13.1 Å². The molecule has 0 bridgehead atoms. The van der Waals surface area contributed by atoms with Crippen LogP contribution in [0.25, 0.3) is 0 Å². The minimum Gasteiger partial charge on any atom is -0.507 e. The number of aryl methyl sites for hydroxylation is 1. The number of carboxylic acid groups (broad SMARTS) is 1. The summed E-state index contributed by atoms with van der Waals surface area (Å²) in [7, 11) is 0. The van der Waals surface area contributed by atoms with Crippen LogP contribution in [0.15, 0.2) is 59.5 Å². The molecule has 2 aliphatic heterocycles. The molecule has 0 radical (unpaired) electrons. The molecule has 4 N–H and O–H groups in total. The summed E-state index contributed by atoms with van der Waals surface area (Å²) < 4.78 is 6.30. The molecule has 8 heteroatoms. The molecule has 0 spiro atoms. The number of fused-ring (bicyclic) bond motifs is 1. The van der Waals surface area contributed by atoms with Crippen molar-refractivity contribution in [2.45, 2.75) is 91.2 Å². The number of hydrogen-bond donors (Lipinski definition) is 4. The molecule has 1 aliphatic carbocycles. The number of carbonyl (C=O) groups excluding carboxylic acids is 1. The van der Waals surface area contributed by atoms with E-state index in [1.807, 2.05) is 19.1 Å². The molecule has 43 heavy (non-hydrogen) atoms. The molecule has 4 rings (SSSR count). The van der Waals surface area contributed by atoms with Crippen molar-refractivity contribution in [1.29, 1.82) is 0 Å². The van der Waals surface area contributed by atoms with Crippen LogP contribution in [0.2, 0.25) is 0 Å². The van der Waals surface area contributed by atoms with Crippen LogP contribution in [0, 0.1) is 17.8 Å². The van der Waals surface area contributed by atoms with Gasteiger partial charge in [0.25, 0.3) is 0 Å². The molecule has 0 saturated carbocycles. The van der Waals surface area contributed by atoms with Crippen molar-refractivity contribution in [3.05, 3.63) is 70.6 Å². The monoisotopic (exact) mass is 592 g/mol. The lowest BCUT2D eigenvalue weighted by molar-refractivity contribution is -0.163. The molecular weight excluding hydrogens is 544 g/mol. The summed E-state index contributed by atoms with van der Waals surface area (Å²) in [5, 5.41) is 34.3. The van der Waals surface area contributed by atoms with Crippen LogP contribution in [-0.2, 0) is 16.0 Å². The Morgan fingerprint density at radius 1 is 1.30 bits per heavy atom. The molecule has 1 saturated heterocycles. The van der Waals surface area contributed by atoms with Crippen molar-refractivity contribution in [1.82, 2.24) is 10.2 Å². The van der Waals surface area contributed by atoms with Gasteiger partial charge in [-0.25, -0.2) is 4.79 Å². The topological polar surface area (TPSA) is 119 Å². The minimum absolute atomic E-state index is 0.0134. The van der Waals surface area contributed by atoms with Gasteiger partial charge in [-0.15, -0.1) is 0 Å². The number of carboxylic acids is 1. The van der Waals surface area contributed by atoms with Crippen LogP contribution >= 0.6 is 0 Å². The summed E-state index contributed by atoms with van der Waals surface area (Å²) in [6.07, 6.45) is 11.1. The predicted octanol–water partition coefficient (Wildman–Crippen LogP) is 5.82. The highest BCUT2D eigenvalue weighted by atomic mass is 16.5. The summed E-state index contributed by atoms with van der Waals surface area (Å²) in [4.78, 5) is 25.9. The number of unbranched alkanes of at least 4 members (excludes halogenated alkanes) is 2. The van der Waals surface area contributed by atoms with Crippen molar-refractivity contribution in [3.63, 3.8) is 0 Å². The first-order chi connectivity index (χ1) is 20.5. The number of nitrogens with zero attached hydrogens (tertiary/aromatic N) is 1. The molecule has 3 aliphatic rings. The Balaban J connectivity index is 1.48. The summed E-state index contributed by atoms with van der Waals surface area (Å²) in [6.45, 7) is 14.6. The van der Waals surface area contributed by atoms with E-state index in [0.29, 0.717) is 11.3 Å². The Hall–Kier alpha value is -3.52. The number of β-lactam (4-membered cyclic amide) rings is 1. The van der Waals surface area contributed by atoms with Gasteiger partial charge in [0.15, 0.2) is 0 Å². The highest BCUT2D eigenvalue weighted by Crippen LogP contribution is 2.48. The predicted molar refractivity (Wildman–Crippen MR) is 168 cm³/mol. The number of aliphatic hydroxyl groups is 1. The van der Waals surface area contributed by atoms with Crippen LogP contribution in [0.1, 0.15) is 83.8 Å². The highest BCUT2D eigenvalue weighted by molar-refractivity contribution is 6.00. The fourth-order valence-corrected chi connectivity index (χ4v) is 7.07. The first-order valence-electron chi connectivity index (χ1n) is 15.6. The van der Waals surface area contributed by atoms with Gasteiger partial charge in [0.2, 0.25) is 5.91 Å². The Morgan fingerprint density at radius 3 is 2.70 bits per heavy atom. The first kappa shape index (κ1) is 32.4. The molecule has 1 unspecified atom stereocenters. The second-order valence-electron chi connectivity index (χ2n) is 12.5. The zero-order valence-corrected chi connectivity index (χ0v) is 26.2. The quantitative estimate of drug-likeness (QED) is 0.122. The summed E-state index contributed by atoms with van der Waals surface area (Å²) in [5.41, 5.74) is 4.89. The van der Waals surface area contributed by atoms with Crippen molar-refractivity contribution in [2.75, 3.05) is 13.2 Å². The van der Waals surface area contributed by atoms with E-state index in [9.17, 15) is 24.9 Å². The van der Waals surface area contributed by atoms with E-state index in [2.05, 4.69) is 44.8 Å². The summed E-state index contributed by atoms with van der Waals surface area (Å²) in [5.74, 6) is -1.11. The van der Waals surface area contributed by atoms with Gasteiger partial charge in [-0.3, -0.25) is 4.79 Å². The van der Waals surface area contributed by atoms with Crippen LogP contribution in [0.5, 0.6) is 11.5 Å². The number of nitrogens with one attached hydrogen (secondary N) is 1. The molecule has 1 amide bonds. The standard InChI is InChI=1S/C35H48N2O6/c1-7-8-9-11-24-17-28(39)31(26-16-21(4)12-13-25(26)20(2)3)29(18-24)43-15-10-14-36-19-27-22(5)32-30(23(6)38)34(40)37(32)33(27)35(41)42/h10,14,16-18,22-23,25-26,30,32,36,38-39H,2,7-9,11-13,15,19H2,1,3-6H3,(H,41,42)/b14-10+/t22-,23+,25-,26+,30+,32?/m0/s1. The number of carbonyl (C=O) groups is 2. The van der Waals surface area contributed by atoms with Gasteiger partial charge < -0.3 is 30.3 Å². The van der Waals surface area contributed by atoms with Gasteiger partial charge in [0, 0.05) is 23.9 Å². The zero-order chi connectivity index (χ0) is 31.4. The van der Waals surface area contributed by atoms with E-state index in [4.69, 9.17) is 4.74 Å².